The van der Waals surface area contributed by atoms with Crippen molar-refractivity contribution in [2.75, 3.05) is 17.6 Å². The fourth-order valence-electron chi connectivity index (χ4n) is 1.26. The van der Waals surface area contributed by atoms with Crippen LogP contribution in [-0.4, -0.2) is 38.6 Å². The summed E-state index contributed by atoms with van der Waals surface area (Å²) in [6.45, 7) is 2.72. The standard InChI is InChI=1S/C10H12N4O2S3/c1-6-4-17-7(12-6)2-3-11-9-13-14-10(19-9)18-5-8(15)16/h4H,2-3,5H2,1H3,(H,11,13)(H,15,16). The third-order valence-electron chi connectivity index (χ3n) is 2.01. The third kappa shape index (κ3) is 4.77. The summed E-state index contributed by atoms with van der Waals surface area (Å²) in [6.07, 6.45) is 0.843. The maximum Gasteiger partial charge on any atom is 0.313 e. The third-order valence-corrected chi connectivity index (χ3v) is 5.03. The summed E-state index contributed by atoms with van der Waals surface area (Å²) in [5.41, 5.74) is 1.04. The number of aliphatic carboxylic acids is 1. The van der Waals surface area contributed by atoms with Crippen LogP contribution < -0.4 is 5.32 Å². The maximum atomic E-state index is 10.4. The van der Waals surface area contributed by atoms with Gasteiger partial charge in [0.25, 0.3) is 0 Å². The van der Waals surface area contributed by atoms with Gasteiger partial charge in [-0.15, -0.1) is 21.5 Å². The van der Waals surface area contributed by atoms with E-state index in [4.69, 9.17) is 5.11 Å². The highest BCUT2D eigenvalue weighted by atomic mass is 32.2. The van der Waals surface area contributed by atoms with Crippen LogP contribution in [-0.2, 0) is 11.2 Å². The van der Waals surface area contributed by atoms with Gasteiger partial charge in [-0.05, 0) is 6.92 Å². The molecule has 0 bridgehead atoms. The lowest BCUT2D eigenvalue weighted by molar-refractivity contribution is -0.133. The molecule has 0 fully saturated rings. The summed E-state index contributed by atoms with van der Waals surface area (Å²) in [5.74, 6) is -0.846. The molecule has 2 N–H and O–H groups in total. The van der Waals surface area contributed by atoms with Crippen molar-refractivity contribution >= 4 is 45.5 Å². The van der Waals surface area contributed by atoms with Crippen LogP contribution in [0.15, 0.2) is 9.72 Å². The first-order valence-electron chi connectivity index (χ1n) is 5.46. The van der Waals surface area contributed by atoms with Gasteiger partial charge in [0.2, 0.25) is 5.13 Å². The first-order chi connectivity index (χ1) is 9.13. The minimum absolute atomic E-state index is 0.00697. The van der Waals surface area contributed by atoms with Crippen molar-refractivity contribution in [3.8, 4) is 0 Å². The number of hydrogen-bond donors (Lipinski definition) is 2. The Morgan fingerprint density at radius 1 is 1.53 bits per heavy atom. The molecule has 6 nitrogen and oxygen atoms in total. The Kier molecular flexibility index (Phi) is 5.11. The number of carbonyl (C=O) groups is 1. The summed E-state index contributed by atoms with van der Waals surface area (Å²) in [4.78, 5) is 14.8. The highest BCUT2D eigenvalue weighted by Gasteiger charge is 2.07. The number of thiazole rings is 1. The van der Waals surface area contributed by atoms with Crippen LogP contribution in [0.5, 0.6) is 0 Å². The van der Waals surface area contributed by atoms with Crippen LogP contribution in [0.1, 0.15) is 10.7 Å². The van der Waals surface area contributed by atoms with Gasteiger partial charge < -0.3 is 10.4 Å². The van der Waals surface area contributed by atoms with Gasteiger partial charge in [0, 0.05) is 24.0 Å². The number of nitrogens with zero attached hydrogens (tertiary/aromatic N) is 3. The zero-order valence-electron chi connectivity index (χ0n) is 10.1. The smallest absolute Gasteiger partial charge is 0.313 e. The molecular formula is C10H12N4O2S3. The summed E-state index contributed by atoms with van der Waals surface area (Å²) in [6, 6.07) is 0. The van der Waals surface area contributed by atoms with Crippen LogP contribution in [0, 0.1) is 6.92 Å². The fraction of sp³-hybridized carbons (Fsp3) is 0.400. The van der Waals surface area contributed by atoms with Crippen LogP contribution >= 0.6 is 34.4 Å². The van der Waals surface area contributed by atoms with E-state index in [2.05, 4.69) is 20.5 Å². The lowest BCUT2D eigenvalue weighted by Gasteiger charge is -1.98. The summed E-state index contributed by atoms with van der Waals surface area (Å²) < 4.78 is 0.662. The lowest BCUT2D eigenvalue weighted by atomic mass is 10.4. The average Bonchev–Trinajstić information content (AvgIpc) is 2.96. The Bertz CT molecular complexity index is 554. The summed E-state index contributed by atoms with van der Waals surface area (Å²) >= 11 is 4.19. The van der Waals surface area contributed by atoms with Gasteiger partial charge in [-0.2, -0.15) is 0 Å². The molecule has 0 aliphatic heterocycles. The van der Waals surface area contributed by atoms with Gasteiger partial charge in [0.15, 0.2) is 4.34 Å². The van der Waals surface area contributed by atoms with E-state index in [0.29, 0.717) is 9.47 Å². The van der Waals surface area contributed by atoms with Gasteiger partial charge >= 0.3 is 5.97 Å². The molecule has 2 heterocycles. The molecule has 0 spiro atoms. The fourth-order valence-corrected chi connectivity index (χ4v) is 3.53. The van der Waals surface area contributed by atoms with Crippen molar-refractivity contribution in [2.45, 2.75) is 17.7 Å². The minimum atomic E-state index is -0.853. The molecule has 19 heavy (non-hydrogen) atoms. The number of nitrogens with one attached hydrogen (secondary N) is 1. The van der Waals surface area contributed by atoms with E-state index in [-0.39, 0.29) is 5.75 Å². The zero-order valence-corrected chi connectivity index (χ0v) is 12.6. The molecule has 0 radical (unpaired) electrons. The quantitative estimate of drug-likeness (QED) is 0.756. The van der Waals surface area contributed by atoms with Crippen molar-refractivity contribution < 1.29 is 9.90 Å². The largest absolute Gasteiger partial charge is 0.481 e. The van der Waals surface area contributed by atoms with E-state index in [9.17, 15) is 4.79 Å². The number of carboxylic acids is 1. The maximum absolute atomic E-state index is 10.4. The molecule has 0 aromatic carbocycles. The van der Waals surface area contributed by atoms with E-state index in [1.807, 2.05) is 12.3 Å². The van der Waals surface area contributed by atoms with Gasteiger partial charge in [-0.25, -0.2) is 4.98 Å². The second-order valence-electron chi connectivity index (χ2n) is 3.61. The van der Waals surface area contributed by atoms with Gasteiger partial charge in [-0.3, -0.25) is 4.79 Å². The average molecular weight is 316 g/mol. The predicted molar refractivity (Wildman–Crippen MR) is 77.3 cm³/mol. The number of aromatic nitrogens is 3. The second kappa shape index (κ2) is 6.83. The van der Waals surface area contributed by atoms with Gasteiger partial charge in [0.05, 0.1) is 10.8 Å². The van der Waals surface area contributed by atoms with Crippen LogP contribution in [0.4, 0.5) is 5.13 Å². The highest BCUT2D eigenvalue weighted by Crippen LogP contribution is 2.25. The number of hydrogen-bond acceptors (Lipinski definition) is 8. The van der Waals surface area contributed by atoms with Crippen LogP contribution in [0.25, 0.3) is 0 Å². The normalized spacial score (nSPS) is 10.6. The number of rotatable bonds is 7. The Morgan fingerprint density at radius 2 is 2.37 bits per heavy atom. The van der Waals surface area contributed by atoms with Crippen molar-refractivity contribution in [2.24, 2.45) is 0 Å². The summed E-state index contributed by atoms with van der Waals surface area (Å²) in [7, 11) is 0. The number of carboxylic acid groups (broad SMARTS) is 1. The van der Waals surface area contributed by atoms with Gasteiger partial charge in [0.1, 0.15) is 0 Å². The van der Waals surface area contributed by atoms with Crippen LogP contribution in [0.3, 0.4) is 0 Å². The Labute approximate surface area is 122 Å². The van der Waals surface area contributed by atoms with E-state index in [1.54, 1.807) is 11.3 Å². The second-order valence-corrected chi connectivity index (χ2v) is 6.76. The Hall–Kier alpha value is -1.19. The zero-order chi connectivity index (χ0) is 13.7. The van der Waals surface area contributed by atoms with E-state index < -0.39 is 5.97 Å². The predicted octanol–water partition coefficient (Wildman–Crippen LogP) is 2.13. The van der Waals surface area contributed by atoms with Gasteiger partial charge in [-0.1, -0.05) is 23.1 Å². The molecule has 102 valence electrons. The highest BCUT2D eigenvalue weighted by molar-refractivity contribution is 8.01. The Balaban J connectivity index is 1.75. The van der Waals surface area contributed by atoms with Crippen molar-refractivity contribution in [3.05, 3.63) is 16.1 Å². The van der Waals surface area contributed by atoms with E-state index >= 15 is 0 Å². The molecule has 2 aromatic rings. The number of anilines is 1. The van der Waals surface area contributed by atoms with Crippen molar-refractivity contribution in [3.63, 3.8) is 0 Å². The summed E-state index contributed by atoms with van der Waals surface area (Å²) in [5, 5.41) is 23.4. The molecule has 2 aromatic heterocycles. The number of aryl methyl sites for hydroxylation is 1. The van der Waals surface area contributed by atoms with E-state index in [0.717, 1.165) is 23.7 Å². The van der Waals surface area contributed by atoms with Crippen LogP contribution in [0.2, 0.25) is 0 Å². The lowest BCUT2D eigenvalue weighted by Crippen LogP contribution is -2.04. The molecule has 0 saturated carbocycles. The Morgan fingerprint density at radius 3 is 3.05 bits per heavy atom. The topological polar surface area (TPSA) is 88.0 Å². The minimum Gasteiger partial charge on any atom is -0.481 e. The molecule has 0 atom stereocenters. The SMILES string of the molecule is Cc1csc(CCNc2nnc(SCC(=O)O)s2)n1. The monoisotopic (exact) mass is 316 g/mol. The van der Waals surface area contributed by atoms with Crippen molar-refractivity contribution in [1.29, 1.82) is 0 Å². The molecule has 0 unspecified atom stereocenters. The molecule has 9 heteroatoms. The first-order valence-corrected chi connectivity index (χ1v) is 8.14. The molecule has 0 amide bonds. The molecule has 0 saturated heterocycles. The first kappa shape index (κ1) is 14.2. The van der Waals surface area contributed by atoms with Crippen molar-refractivity contribution in [1.82, 2.24) is 15.2 Å². The molecule has 0 aliphatic rings. The molecule has 0 aliphatic carbocycles. The molecular weight excluding hydrogens is 304 g/mol. The molecule has 2 rings (SSSR count). The number of thioether (sulfide) groups is 1. The van der Waals surface area contributed by atoms with E-state index in [1.165, 1.54) is 23.1 Å².